The van der Waals surface area contributed by atoms with Crippen molar-refractivity contribution in [3.8, 4) is 11.3 Å². The number of pyridine rings is 1. The first-order valence-corrected chi connectivity index (χ1v) is 8.11. The molecule has 2 bridgehead atoms. The van der Waals surface area contributed by atoms with Crippen LogP contribution in [0, 0.1) is 0 Å². The van der Waals surface area contributed by atoms with E-state index < -0.39 is 0 Å². The summed E-state index contributed by atoms with van der Waals surface area (Å²) in [7, 11) is 1.87. The van der Waals surface area contributed by atoms with Gasteiger partial charge in [0, 0.05) is 49.2 Å². The van der Waals surface area contributed by atoms with Crippen molar-refractivity contribution in [1.29, 1.82) is 0 Å². The van der Waals surface area contributed by atoms with Gasteiger partial charge in [-0.05, 0) is 37.8 Å². The second-order valence-corrected chi connectivity index (χ2v) is 6.49. The third-order valence-corrected chi connectivity index (χ3v) is 5.01. The lowest BCUT2D eigenvalue weighted by atomic mass is 9.98. The number of hydrogen-bond donors (Lipinski definition) is 1. The van der Waals surface area contributed by atoms with E-state index in [1.165, 1.54) is 12.8 Å². The molecule has 0 aromatic carbocycles. The fourth-order valence-electron chi connectivity index (χ4n) is 3.72. The van der Waals surface area contributed by atoms with E-state index in [1.54, 1.807) is 18.5 Å². The summed E-state index contributed by atoms with van der Waals surface area (Å²) >= 11 is 0. The highest BCUT2D eigenvalue weighted by Crippen LogP contribution is 2.30. The van der Waals surface area contributed by atoms with Crippen LogP contribution in [0.15, 0.2) is 35.1 Å². The number of amides is 1. The topological polar surface area (TPSA) is 71.3 Å². The third kappa shape index (κ3) is 2.74. The zero-order valence-electron chi connectivity index (χ0n) is 13.1. The van der Waals surface area contributed by atoms with Gasteiger partial charge in [-0.15, -0.1) is 0 Å². The van der Waals surface area contributed by atoms with Gasteiger partial charge in [0.2, 0.25) is 0 Å². The highest BCUT2D eigenvalue weighted by Gasteiger charge is 2.37. The molecule has 2 aromatic heterocycles. The largest absolute Gasteiger partial charge is 0.355 e. The molecule has 2 aliphatic rings. The standard InChI is InChI=1S/C17H20N4O2/c1-21(14-8-12-2-3-13(9-14)19-12)17(22)15-10-16(23-20-15)11-4-6-18-7-5-11/h4-7,10,12-14,19H,2-3,8-9H2,1H3. The molecule has 2 atom stereocenters. The van der Waals surface area contributed by atoms with Gasteiger partial charge in [0.1, 0.15) is 0 Å². The number of piperidine rings is 1. The van der Waals surface area contributed by atoms with Gasteiger partial charge >= 0.3 is 0 Å². The highest BCUT2D eigenvalue weighted by atomic mass is 16.5. The van der Waals surface area contributed by atoms with Gasteiger partial charge in [-0.1, -0.05) is 5.16 Å². The molecule has 0 radical (unpaired) electrons. The fourth-order valence-corrected chi connectivity index (χ4v) is 3.72. The Morgan fingerprint density at radius 2 is 1.96 bits per heavy atom. The van der Waals surface area contributed by atoms with Crippen molar-refractivity contribution in [2.45, 2.75) is 43.8 Å². The molecule has 0 saturated carbocycles. The van der Waals surface area contributed by atoms with Crippen LogP contribution >= 0.6 is 0 Å². The molecule has 2 unspecified atom stereocenters. The second-order valence-electron chi connectivity index (χ2n) is 6.49. The molecule has 6 heteroatoms. The van der Waals surface area contributed by atoms with Gasteiger partial charge < -0.3 is 14.7 Å². The molecule has 2 aliphatic heterocycles. The summed E-state index contributed by atoms with van der Waals surface area (Å²) in [6.07, 6.45) is 7.87. The van der Waals surface area contributed by atoms with Crippen LogP contribution in [-0.2, 0) is 0 Å². The first kappa shape index (κ1) is 14.4. The quantitative estimate of drug-likeness (QED) is 0.939. The van der Waals surface area contributed by atoms with E-state index in [4.69, 9.17) is 4.52 Å². The van der Waals surface area contributed by atoms with E-state index in [2.05, 4.69) is 15.5 Å². The molecule has 6 nitrogen and oxygen atoms in total. The summed E-state index contributed by atoms with van der Waals surface area (Å²) in [4.78, 5) is 18.5. The third-order valence-electron chi connectivity index (χ3n) is 5.01. The van der Waals surface area contributed by atoms with Gasteiger partial charge in [-0.2, -0.15) is 0 Å². The molecule has 1 N–H and O–H groups in total. The number of nitrogens with zero attached hydrogens (tertiary/aromatic N) is 3. The molecular formula is C17H20N4O2. The Balaban J connectivity index is 1.49. The van der Waals surface area contributed by atoms with Crippen LogP contribution in [0.2, 0.25) is 0 Å². The first-order valence-electron chi connectivity index (χ1n) is 8.11. The van der Waals surface area contributed by atoms with Crippen molar-refractivity contribution in [2.75, 3.05) is 7.05 Å². The highest BCUT2D eigenvalue weighted by molar-refractivity contribution is 5.93. The van der Waals surface area contributed by atoms with Gasteiger partial charge in [0.05, 0.1) is 0 Å². The SMILES string of the molecule is CN(C(=O)c1cc(-c2ccncc2)on1)C1CC2CCC(C1)N2. The number of carbonyl (C=O) groups is 1. The summed E-state index contributed by atoms with van der Waals surface area (Å²) < 4.78 is 5.33. The lowest BCUT2D eigenvalue weighted by Gasteiger charge is -2.35. The molecule has 0 spiro atoms. The molecule has 23 heavy (non-hydrogen) atoms. The lowest BCUT2D eigenvalue weighted by Crippen LogP contribution is -2.48. The first-order chi connectivity index (χ1) is 11.2. The molecule has 0 aliphatic carbocycles. The number of hydrogen-bond acceptors (Lipinski definition) is 5. The Kier molecular flexibility index (Phi) is 3.61. The Labute approximate surface area is 134 Å². The van der Waals surface area contributed by atoms with Crippen molar-refractivity contribution >= 4 is 5.91 Å². The van der Waals surface area contributed by atoms with Crippen LogP contribution in [-0.4, -0.2) is 46.1 Å². The summed E-state index contributed by atoms with van der Waals surface area (Å²) in [5.74, 6) is 0.523. The van der Waals surface area contributed by atoms with Gasteiger partial charge in [-0.25, -0.2) is 0 Å². The van der Waals surface area contributed by atoms with Crippen molar-refractivity contribution in [1.82, 2.24) is 20.4 Å². The van der Waals surface area contributed by atoms with Crippen molar-refractivity contribution in [3.63, 3.8) is 0 Å². The maximum absolute atomic E-state index is 12.7. The van der Waals surface area contributed by atoms with Gasteiger partial charge in [0.15, 0.2) is 11.5 Å². The van der Waals surface area contributed by atoms with E-state index in [1.807, 2.05) is 24.1 Å². The van der Waals surface area contributed by atoms with E-state index >= 15 is 0 Å². The van der Waals surface area contributed by atoms with E-state index in [9.17, 15) is 4.79 Å². The molecule has 2 aromatic rings. The lowest BCUT2D eigenvalue weighted by molar-refractivity contribution is 0.0671. The average molecular weight is 312 g/mol. The smallest absolute Gasteiger partial charge is 0.276 e. The van der Waals surface area contributed by atoms with Crippen molar-refractivity contribution < 1.29 is 9.32 Å². The number of carbonyl (C=O) groups excluding carboxylic acids is 1. The van der Waals surface area contributed by atoms with Crippen molar-refractivity contribution in [3.05, 3.63) is 36.3 Å². The number of fused-ring (bicyclic) bond motifs is 2. The number of nitrogens with one attached hydrogen (secondary N) is 1. The van der Waals surface area contributed by atoms with Gasteiger partial charge in [-0.3, -0.25) is 9.78 Å². The predicted octanol–water partition coefficient (Wildman–Crippen LogP) is 2.09. The Hall–Kier alpha value is -2.21. The van der Waals surface area contributed by atoms with Crippen LogP contribution < -0.4 is 5.32 Å². The zero-order chi connectivity index (χ0) is 15.8. The molecule has 4 heterocycles. The molecule has 120 valence electrons. The predicted molar refractivity (Wildman–Crippen MR) is 84.8 cm³/mol. The summed E-state index contributed by atoms with van der Waals surface area (Å²) in [5.41, 5.74) is 1.24. The Bertz CT molecular complexity index is 688. The van der Waals surface area contributed by atoms with Crippen LogP contribution in [0.3, 0.4) is 0 Å². The fraction of sp³-hybridized carbons (Fsp3) is 0.471. The monoisotopic (exact) mass is 312 g/mol. The Morgan fingerprint density at radius 3 is 2.65 bits per heavy atom. The number of aromatic nitrogens is 2. The van der Waals surface area contributed by atoms with Crippen LogP contribution in [0.1, 0.15) is 36.2 Å². The van der Waals surface area contributed by atoms with Crippen LogP contribution in [0.25, 0.3) is 11.3 Å². The van der Waals surface area contributed by atoms with E-state index in [0.717, 1.165) is 18.4 Å². The van der Waals surface area contributed by atoms with Crippen LogP contribution in [0.4, 0.5) is 0 Å². The minimum atomic E-state index is -0.0691. The normalized spacial score (nSPS) is 26.2. The zero-order valence-corrected chi connectivity index (χ0v) is 13.1. The van der Waals surface area contributed by atoms with Crippen LogP contribution in [0.5, 0.6) is 0 Å². The minimum absolute atomic E-state index is 0.0691. The molecule has 1 amide bonds. The second kappa shape index (κ2) is 5.77. The summed E-state index contributed by atoms with van der Waals surface area (Å²) in [5, 5.41) is 7.56. The molecule has 2 fully saturated rings. The van der Waals surface area contributed by atoms with Gasteiger partial charge in [0.25, 0.3) is 5.91 Å². The molecule has 2 saturated heterocycles. The van der Waals surface area contributed by atoms with E-state index in [0.29, 0.717) is 23.5 Å². The maximum Gasteiger partial charge on any atom is 0.276 e. The minimum Gasteiger partial charge on any atom is -0.355 e. The maximum atomic E-state index is 12.7. The Morgan fingerprint density at radius 1 is 1.26 bits per heavy atom. The molecular weight excluding hydrogens is 292 g/mol. The van der Waals surface area contributed by atoms with Crippen molar-refractivity contribution in [2.24, 2.45) is 0 Å². The van der Waals surface area contributed by atoms with E-state index in [-0.39, 0.29) is 11.9 Å². The molecule has 4 rings (SSSR count). The summed E-state index contributed by atoms with van der Waals surface area (Å²) in [6.45, 7) is 0. The summed E-state index contributed by atoms with van der Waals surface area (Å²) in [6, 6.07) is 6.77. The average Bonchev–Trinajstić information content (AvgIpc) is 3.21. The number of rotatable bonds is 3.